The van der Waals surface area contributed by atoms with Crippen molar-refractivity contribution in [2.24, 2.45) is 5.92 Å². The molecule has 0 saturated carbocycles. The van der Waals surface area contributed by atoms with Crippen molar-refractivity contribution in [1.82, 2.24) is 15.1 Å². The maximum atomic E-state index is 3.53. The second kappa shape index (κ2) is 7.46. The van der Waals surface area contributed by atoms with E-state index in [9.17, 15) is 0 Å². The number of nitrogens with one attached hydrogen (secondary N) is 1. The van der Waals surface area contributed by atoms with E-state index in [4.69, 9.17) is 0 Å². The largest absolute Gasteiger partial charge is 0.316 e. The molecule has 2 atom stereocenters. The Bertz CT molecular complexity index is 218. The maximum absolute atomic E-state index is 3.53. The highest BCUT2D eigenvalue weighted by Crippen LogP contribution is 2.16. The van der Waals surface area contributed by atoms with Crippen LogP contribution in [0.5, 0.6) is 0 Å². The zero-order valence-corrected chi connectivity index (χ0v) is 12.3. The van der Waals surface area contributed by atoms with Gasteiger partial charge in [0.05, 0.1) is 0 Å². The summed E-state index contributed by atoms with van der Waals surface area (Å²) in [6.07, 6.45) is 5.51. The molecule has 18 heavy (non-hydrogen) atoms. The number of piperidine rings is 1. The van der Waals surface area contributed by atoms with E-state index in [1.165, 1.54) is 71.5 Å². The number of piperazine rings is 1. The van der Waals surface area contributed by atoms with Crippen LogP contribution < -0.4 is 5.32 Å². The van der Waals surface area contributed by atoms with Crippen molar-refractivity contribution in [3.8, 4) is 0 Å². The molecule has 2 saturated heterocycles. The minimum absolute atomic E-state index is 0.773. The Morgan fingerprint density at radius 1 is 1.22 bits per heavy atom. The van der Waals surface area contributed by atoms with Crippen molar-refractivity contribution < 1.29 is 0 Å². The molecule has 0 aromatic carbocycles. The average Bonchev–Trinajstić information content (AvgIpc) is 2.46. The van der Waals surface area contributed by atoms with Gasteiger partial charge in [-0.05, 0) is 58.2 Å². The van der Waals surface area contributed by atoms with E-state index in [0.717, 1.165) is 12.0 Å². The summed E-state index contributed by atoms with van der Waals surface area (Å²) in [5.74, 6) is 0.936. The topological polar surface area (TPSA) is 18.5 Å². The molecule has 3 nitrogen and oxygen atoms in total. The van der Waals surface area contributed by atoms with Crippen molar-refractivity contribution >= 4 is 0 Å². The van der Waals surface area contributed by atoms with E-state index >= 15 is 0 Å². The first-order valence-electron chi connectivity index (χ1n) is 7.96. The summed E-state index contributed by atoms with van der Waals surface area (Å²) < 4.78 is 0. The lowest BCUT2D eigenvalue weighted by Crippen LogP contribution is -2.49. The van der Waals surface area contributed by atoms with E-state index < -0.39 is 0 Å². The zero-order valence-electron chi connectivity index (χ0n) is 12.3. The smallest absolute Gasteiger partial charge is 0.0113 e. The Kier molecular flexibility index (Phi) is 5.93. The van der Waals surface area contributed by atoms with Crippen molar-refractivity contribution in [3.63, 3.8) is 0 Å². The van der Waals surface area contributed by atoms with Gasteiger partial charge in [-0.25, -0.2) is 0 Å². The standard InChI is InChI=1S/C15H31N3/c1-3-14(2)18-11-9-17(10-12-18)8-6-15-5-4-7-16-13-15/h14-16H,3-13H2,1-2H3. The Hall–Kier alpha value is -0.120. The van der Waals surface area contributed by atoms with Crippen LogP contribution in [0, 0.1) is 5.92 Å². The molecule has 0 aromatic rings. The van der Waals surface area contributed by atoms with Gasteiger partial charge in [-0.2, -0.15) is 0 Å². The van der Waals surface area contributed by atoms with Gasteiger partial charge in [0.25, 0.3) is 0 Å². The molecule has 2 aliphatic heterocycles. The average molecular weight is 253 g/mol. The van der Waals surface area contributed by atoms with Crippen molar-refractivity contribution in [2.75, 3.05) is 45.8 Å². The van der Waals surface area contributed by atoms with Gasteiger partial charge in [0, 0.05) is 32.2 Å². The molecule has 0 aliphatic carbocycles. The van der Waals surface area contributed by atoms with E-state index in [-0.39, 0.29) is 0 Å². The quantitative estimate of drug-likeness (QED) is 0.806. The summed E-state index contributed by atoms with van der Waals surface area (Å²) >= 11 is 0. The number of hydrogen-bond donors (Lipinski definition) is 1. The molecule has 3 heteroatoms. The molecular formula is C15H31N3. The third-order valence-electron chi connectivity index (χ3n) is 4.87. The first kappa shape index (κ1) is 14.3. The van der Waals surface area contributed by atoms with Crippen molar-refractivity contribution in [3.05, 3.63) is 0 Å². The second-order valence-corrected chi connectivity index (χ2v) is 6.14. The fourth-order valence-electron chi connectivity index (χ4n) is 3.22. The SMILES string of the molecule is CCC(C)N1CCN(CCC2CCCNC2)CC1. The first-order chi connectivity index (χ1) is 8.79. The highest BCUT2D eigenvalue weighted by Gasteiger charge is 2.21. The van der Waals surface area contributed by atoms with Gasteiger partial charge in [-0.15, -0.1) is 0 Å². The van der Waals surface area contributed by atoms with Gasteiger partial charge < -0.3 is 10.2 Å². The van der Waals surface area contributed by atoms with Crippen LogP contribution in [0.4, 0.5) is 0 Å². The van der Waals surface area contributed by atoms with Crippen LogP contribution in [0.1, 0.15) is 39.5 Å². The van der Waals surface area contributed by atoms with E-state index in [1.807, 2.05) is 0 Å². The Labute approximate surface area is 113 Å². The highest BCUT2D eigenvalue weighted by atomic mass is 15.3. The van der Waals surface area contributed by atoms with Crippen LogP contribution >= 0.6 is 0 Å². The molecule has 0 radical (unpaired) electrons. The van der Waals surface area contributed by atoms with Crippen LogP contribution in [0.3, 0.4) is 0 Å². The predicted molar refractivity (Wildman–Crippen MR) is 78.0 cm³/mol. The van der Waals surface area contributed by atoms with Gasteiger partial charge >= 0.3 is 0 Å². The predicted octanol–water partition coefficient (Wildman–Crippen LogP) is 1.79. The minimum Gasteiger partial charge on any atom is -0.316 e. The molecule has 0 amide bonds. The van der Waals surface area contributed by atoms with Crippen molar-refractivity contribution in [2.45, 2.75) is 45.6 Å². The lowest BCUT2D eigenvalue weighted by molar-refractivity contribution is 0.0955. The van der Waals surface area contributed by atoms with Gasteiger partial charge in [-0.1, -0.05) is 6.92 Å². The molecule has 0 bridgehead atoms. The number of hydrogen-bond acceptors (Lipinski definition) is 3. The third kappa shape index (κ3) is 4.22. The van der Waals surface area contributed by atoms with Gasteiger partial charge in [0.15, 0.2) is 0 Å². The molecule has 2 aliphatic rings. The molecule has 2 rings (SSSR count). The summed E-state index contributed by atoms with van der Waals surface area (Å²) in [5.41, 5.74) is 0. The fourth-order valence-corrected chi connectivity index (χ4v) is 3.22. The Balaban J connectivity index is 1.61. The monoisotopic (exact) mass is 253 g/mol. The Morgan fingerprint density at radius 3 is 2.61 bits per heavy atom. The summed E-state index contributed by atoms with van der Waals surface area (Å²) in [4.78, 5) is 5.33. The van der Waals surface area contributed by atoms with Gasteiger partial charge in [-0.3, -0.25) is 4.90 Å². The molecule has 2 heterocycles. The fraction of sp³-hybridized carbons (Fsp3) is 1.00. The van der Waals surface area contributed by atoms with Crippen molar-refractivity contribution in [1.29, 1.82) is 0 Å². The number of nitrogens with zero attached hydrogens (tertiary/aromatic N) is 2. The number of rotatable bonds is 5. The molecule has 2 fully saturated rings. The highest BCUT2D eigenvalue weighted by molar-refractivity contribution is 4.77. The third-order valence-corrected chi connectivity index (χ3v) is 4.87. The molecule has 1 N–H and O–H groups in total. The van der Waals surface area contributed by atoms with Crippen LogP contribution in [0.2, 0.25) is 0 Å². The lowest BCUT2D eigenvalue weighted by Gasteiger charge is -2.38. The first-order valence-corrected chi connectivity index (χ1v) is 7.96. The minimum atomic E-state index is 0.773. The second-order valence-electron chi connectivity index (χ2n) is 6.14. The lowest BCUT2D eigenvalue weighted by atomic mass is 9.96. The van der Waals surface area contributed by atoms with Crippen LogP contribution in [-0.4, -0.2) is 61.7 Å². The van der Waals surface area contributed by atoms with E-state index in [1.54, 1.807) is 0 Å². The molecule has 2 unspecified atom stereocenters. The summed E-state index contributed by atoms with van der Waals surface area (Å²) in [6.45, 7) is 13.6. The molecular weight excluding hydrogens is 222 g/mol. The van der Waals surface area contributed by atoms with E-state index in [2.05, 4.69) is 29.0 Å². The Morgan fingerprint density at radius 2 is 2.00 bits per heavy atom. The molecule has 0 spiro atoms. The van der Waals surface area contributed by atoms with Gasteiger partial charge in [0.2, 0.25) is 0 Å². The van der Waals surface area contributed by atoms with Crippen LogP contribution in [0.15, 0.2) is 0 Å². The maximum Gasteiger partial charge on any atom is 0.0113 e. The summed E-state index contributed by atoms with van der Waals surface area (Å²) in [6, 6.07) is 0.773. The van der Waals surface area contributed by atoms with Crippen LogP contribution in [0.25, 0.3) is 0 Å². The van der Waals surface area contributed by atoms with Crippen LogP contribution in [-0.2, 0) is 0 Å². The summed E-state index contributed by atoms with van der Waals surface area (Å²) in [7, 11) is 0. The normalized spacial score (nSPS) is 29.3. The zero-order chi connectivity index (χ0) is 12.8. The molecule has 106 valence electrons. The molecule has 0 aromatic heterocycles. The van der Waals surface area contributed by atoms with Gasteiger partial charge in [0.1, 0.15) is 0 Å². The van der Waals surface area contributed by atoms with E-state index in [0.29, 0.717) is 0 Å². The summed E-state index contributed by atoms with van der Waals surface area (Å²) in [5, 5.41) is 3.53.